The van der Waals surface area contributed by atoms with Gasteiger partial charge in [-0.3, -0.25) is 9.89 Å². The van der Waals surface area contributed by atoms with Gasteiger partial charge in [-0.25, -0.2) is 0 Å². The van der Waals surface area contributed by atoms with E-state index in [1.807, 2.05) is 4.90 Å². The van der Waals surface area contributed by atoms with Gasteiger partial charge >= 0.3 is 12.4 Å². The van der Waals surface area contributed by atoms with Crippen molar-refractivity contribution in [2.75, 3.05) is 26.2 Å². The van der Waals surface area contributed by atoms with Crippen molar-refractivity contribution in [2.24, 2.45) is 4.99 Å². The van der Waals surface area contributed by atoms with Crippen LogP contribution in [0.15, 0.2) is 52.5 Å². The molecular weight excluding hydrogens is 548 g/mol. The fraction of sp³-hybridized carbons (Fsp3) is 0.320. The molecule has 3 aromatic rings. The van der Waals surface area contributed by atoms with E-state index in [-0.39, 0.29) is 29.2 Å². The molecule has 1 aromatic heterocycles. The highest BCUT2D eigenvalue weighted by Crippen LogP contribution is 2.42. The number of aliphatic hydroxyl groups excluding tert-OH is 1. The molecule has 1 atom stereocenters. The highest BCUT2D eigenvalue weighted by Gasteiger charge is 2.39. The number of thioether (sulfide) groups is 1. The van der Waals surface area contributed by atoms with Crippen molar-refractivity contribution in [1.82, 2.24) is 20.4 Å². The maximum Gasteiger partial charge on any atom is 0.416 e. The molecule has 7 nitrogen and oxygen atoms in total. The highest BCUT2D eigenvalue weighted by atomic mass is 32.2. The van der Waals surface area contributed by atoms with E-state index in [2.05, 4.69) is 20.5 Å². The molecule has 3 heterocycles. The molecule has 0 aliphatic carbocycles. The fourth-order valence-electron chi connectivity index (χ4n) is 4.55. The number of amidine groups is 1. The van der Waals surface area contributed by atoms with Crippen LogP contribution in [-0.2, 0) is 23.6 Å². The summed E-state index contributed by atoms with van der Waals surface area (Å²) >= 11 is 1.00. The minimum absolute atomic E-state index is 0.0833. The number of amides is 1. The summed E-state index contributed by atoms with van der Waals surface area (Å²) < 4.78 is 81.5. The first-order valence-corrected chi connectivity index (χ1v) is 12.6. The number of carbonyl (C=O) groups excluding carboxylic acids is 1. The SMILES string of the molecule is O=C1N=C(N2CCNC(CO)C2)SC1=C(Cc1ccc(C(F)(F)F)cc1C(F)(F)F)c1ccc2[nH]ncc2c1. The number of rotatable bonds is 4. The third-order valence-corrected chi connectivity index (χ3v) is 7.66. The Balaban J connectivity index is 1.59. The Labute approximate surface area is 222 Å². The fourth-order valence-corrected chi connectivity index (χ4v) is 5.60. The van der Waals surface area contributed by atoms with E-state index in [4.69, 9.17) is 0 Å². The summed E-state index contributed by atoms with van der Waals surface area (Å²) in [4.78, 5) is 19.1. The number of halogens is 6. The maximum atomic E-state index is 13.9. The maximum absolute atomic E-state index is 13.9. The summed E-state index contributed by atoms with van der Waals surface area (Å²) in [5.41, 5.74) is -1.98. The number of nitrogens with zero attached hydrogens (tertiary/aromatic N) is 3. The van der Waals surface area contributed by atoms with Crippen LogP contribution < -0.4 is 5.32 Å². The quantitative estimate of drug-likeness (QED) is 0.318. The summed E-state index contributed by atoms with van der Waals surface area (Å²) in [6.07, 6.45) is -8.97. The van der Waals surface area contributed by atoms with Gasteiger partial charge in [0.2, 0.25) is 0 Å². The summed E-state index contributed by atoms with van der Waals surface area (Å²) in [5, 5.41) is 20.3. The minimum Gasteiger partial charge on any atom is -0.395 e. The number of aromatic amines is 1. The van der Waals surface area contributed by atoms with Gasteiger partial charge in [-0.15, -0.1) is 0 Å². The number of H-pyrrole nitrogens is 1. The number of aliphatic imine (C=N–C) groups is 1. The zero-order valence-corrected chi connectivity index (χ0v) is 20.8. The summed E-state index contributed by atoms with van der Waals surface area (Å²) in [7, 11) is 0. The Morgan fingerprint density at radius 1 is 1.10 bits per heavy atom. The number of benzene rings is 2. The minimum atomic E-state index is -5.06. The average molecular weight is 570 g/mol. The van der Waals surface area contributed by atoms with Gasteiger partial charge in [0.1, 0.15) is 0 Å². The topological polar surface area (TPSA) is 93.6 Å². The molecular formula is C25H21F6N5O2S. The van der Waals surface area contributed by atoms with Gasteiger partial charge in [-0.1, -0.05) is 12.1 Å². The van der Waals surface area contributed by atoms with Crippen LogP contribution in [0.5, 0.6) is 0 Å². The van der Waals surface area contributed by atoms with Crippen LogP contribution in [0, 0.1) is 0 Å². The van der Waals surface area contributed by atoms with E-state index in [0.29, 0.717) is 47.3 Å². The Bertz CT molecular complexity index is 1480. The molecule has 0 spiro atoms. The molecule has 14 heteroatoms. The van der Waals surface area contributed by atoms with Crippen molar-refractivity contribution in [3.8, 4) is 0 Å². The van der Waals surface area contributed by atoms with Gasteiger partial charge < -0.3 is 15.3 Å². The Morgan fingerprint density at radius 3 is 2.62 bits per heavy atom. The zero-order chi connectivity index (χ0) is 27.9. The van der Waals surface area contributed by atoms with Crippen LogP contribution >= 0.6 is 11.8 Å². The smallest absolute Gasteiger partial charge is 0.395 e. The molecule has 0 radical (unpaired) electrons. The molecule has 206 valence electrons. The van der Waals surface area contributed by atoms with E-state index in [1.54, 1.807) is 18.2 Å². The first kappa shape index (κ1) is 27.2. The van der Waals surface area contributed by atoms with Crippen molar-refractivity contribution in [3.05, 3.63) is 69.8 Å². The second-order valence-electron chi connectivity index (χ2n) is 9.11. The third kappa shape index (κ3) is 5.68. The number of aliphatic hydroxyl groups is 1. The van der Waals surface area contributed by atoms with Gasteiger partial charge in [0.15, 0.2) is 5.17 Å². The number of alkyl halides is 6. The Morgan fingerprint density at radius 2 is 1.90 bits per heavy atom. The van der Waals surface area contributed by atoms with Crippen LogP contribution in [0.25, 0.3) is 16.5 Å². The van der Waals surface area contributed by atoms with Gasteiger partial charge in [0.05, 0.1) is 34.4 Å². The molecule has 5 rings (SSSR count). The molecule has 1 saturated heterocycles. The summed E-state index contributed by atoms with van der Waals surface area (Å²) in [5.74, 6) is -0.656. The van der Waals surface area contributed by atoms with Gasteiger partial charge in [0.25, 0.3) is 5.91 Å². The number of carbonyl (C=O) groups is 1. The number of fused-ring (bicyclic) bond motifs is 1. The van der Waals surface area contributed by atoms with Crippen LogP contribution in [0.2, 0.25) is 0 Å². The number of aromatic nitrogens is 2. The predicted octanol–water partition coefficient (Wildman–Crippen LogP) is 4.45. The molecule has 39 heavy (non-hydrogen) atoms. The number of allylic oxidation sites excluding steroid dienone is 1. The van der Waals surface area contributed by atoms with Crippen molar-refractivity contribution in [1.29, 1.82) is 0 Å². The van der Waals surface area contributed by atoms with E-state index in [0.717, 1.165) is 17.8 Å². The lowest BCUT2D eigenvalue weighted by atomic mass is 9.92. The highest BCUT2D eigenvalue weighted by molar-refractivity contribution is 8.18. The van der Waals surface area contributed by atoms with Crippen molar-refractivity contribution in [3.63, 3.8) is 0 Å². The normalized spacial score (nSPS) is 20.1. The second kappa shape index (κ2) is 10.3. The molecule has 1 fully saturated rings. The molecule has 0 bridgehead atoms. The standard InChI is InChI=1S/C25H21F6N5O2S/c26-24(27,28)16-3-1-14(19(9-16)25(29,30)31)8-18(13-2-4-20-15(7-13)10-33-35-20)21-22(38)34-23(39-21)36-6-5-32-17(11-36)12-37/h1-4,7,9-10,17,32,37H,5-6,8,11-12H2,(H,33,35). The van der Waals surface area contributed by atoms with E-state index < -0.39 is 41.4 Å². The number of hydrogen-bond acceptors (Lipinski definition) is 6. The van der Waals surface area contributed by atoms with Gasteiger partial charge in [-0.2, -0.15) is 36.4 Å². The van der Waals surface area contributed by atoms with Crippen LogP contribution in [0.1, 0.15) is 22.3 Å². The summed E-state index contributed by atoms with van der Waals surface area (Å²) in [6.45, 7) is 1.27. The summed E-state index contributed by atoms with van der Waals surface area (Å²) in [6, 6.07) is 6.18. The zero-order valence-electron chi connectivity index (χ0n) is 20.0. The largest absolute Gasteiger partial charge is 0.416 e. The third-order valence-electron chi connectivity index (χ3n) is 6.50. The van der Waals surface area contributed by atoms with Crippen LogP contribution in [-0.4, -0.2) is 63.6 Å². The first-order valence-electron chi connectivity index (χ1n) is 11.8. The second-order valence-corrected chi connectivity index (χ2v) is 10.1. The lowest BCUT2D eigenvalue weighted by Gasteiger charge is -2.33. The van der Waals surface area contributed by atoms with Crippen LogP contribution in [0.3, 0.4) is 0 Å². The first-order chi connectivity index (χ1) is 18.4. The lowest BCUT2D eigenvalue weighted by Crippen LogP contribution is -2.53. The average Bonchev–Trinajstić information content (AvgIpc) is 3.52. The monoisotopic (exact) mass is 569 g/mol. The molecule has 2 aromatic carbocycles. The molecule has 1 unspecified atom stereocenters. The van der Waals surface area contributed by atoms with Crippen molar-refractivity contribution in [2.45, 2.75) is 24.8 Å². The Hall–Kier alpha value is -3.36. The van der Waals surface area contributed by atoms with Crippen molar-refractivity contribution >= 4 is 39.3 Å². The van der Waals surface area contributed by atoms with Gasteiger partial charge in [0, 0.05) is 31.1 Å². The number of hydrogen-bond donors (Lipinski definition) is 3. The van der Waals surface area contributed by atoms with E-state index in [1.165, 1.54) is 6.20 Å². The Kier molecular flexibility index (Phi) is 7.20. The van der Waals surface area contributed by atoms with Gasteiger partial charge in [-0.05, 0) is 59.1 Å². The van der Waals surface area contributed by atoms with Crippen LogP contribution in [0.4, 0.5) is 26.3 Å². The van der Waals surface area contributed by atoms with E-state index in [9.17, 15) is 36.2 Å². The number of piperazine rings is 1. The number of nitrogens with one attached hydrogen (secondary N) is 2. The van der Waals surface area contributed by atoms with E-state index >= 15 is 0 Å². The molecule has 3 N–H and O–H groups in total. The molecule has 2 aliphatic heterocycles. The molecule has 1 amide bonds. The molecule has 0 saturated carbocycles. The lowest BCUT2D eigenvalue weighted by molar-refractivity contribution is -0.143. The van der Waals surface area contributed by atoms with Crippen molar-refractivity contribution < 1.29 is 36.2 Å². The molecule has 2 aliphatic rings. The predicted molar refractivity (Wildman–Crippen MR) is 134 cm³/mol.